The predicted octanol–water partition coefficient (Wildman–Crippen LogP) is 0.0929. The van der Waals surface area contributed by atoms with Crippen molar-refractivity contribution >= 4 is 5.97 Å². The Morgan fingerprint density at radius 3 is 2.10 bits per heavy atom. The second-order valence-electron chi connectivity index (χ2n) is 1.54. The molecule has 0 saturated carbocycles. The molecule has 2 radical (unpaired) electrons. The van der Waals surface area contributed by atoms with E-state index in [1.807, 2.05) is 0 Å². The zero-order chi connectivity index (χ0) is 8.57. The highest BCUT2D eigenvalue weighted by atomic mass is 16.4. The number of carboxylic acids is 1. The number of aliphatic hydroxyl groups excluding tert-OH is 1. The molecule has 60 valence electrons. The van der Waals surface area contributed by atoms with Gasteiger partial charge < -0.3 is 10.2 Å². The molecule has 0 aromatic carbocycles. The van der Waals surface area contributed by atoms with Crippen molar-refractivity contribution in [3.05, 3.63) is 6.92 Å². The topological polar surface area (TPSA) is 77.4 Å². The lowest BCUT2D eigenvalue weighted by Crippen LogP contribution is -2.10. The molecular formula is C6H12O4. The molecule has 10 heavy (non-hydrogen) atoms. The highest BCUT2D eigenvalue weighted by molar-refractivity contribution is 5.67. The molecule has 0 spiro atoms. The minimum Gasteiger partial charge on any atom is -0.481 e. The molecule has 4 heteroatoms. The summed E-state index contributed by atoms with van der Waals surface area (Å²) in [6.07, 6.45) is -0.733. The van der Waals surface area contributed by atoms with Crippen molar-refractivity contribution < 1.29 is 20.1 Å². The van der Waals surface area contributed by atoms with E-state index in [1.165, 1.54) is 0 Å². The van der Waals surface area contributed by atoms with Gasteiger partial charge in [-0.05, 0) is 6.42 Å². The number of aliphatic hydroxyl groups is 1. The van der Waals surface area contributed by atoms with E-state index in [9.17, 15) is 4.79 Å². The molecule has 0 fully saturated rings. The van der Waals surface area contributed by atoms with Gasteiger partial charge in [0.1, 0.15) is 0 Å². The Kier molecular flexibility index (Phi) is 10.2. The SMILES string of the molecule is C[O].[CH2]CC(O)CC(=O)O. The summed E-state index contributed by atoms with van der Waals surface area (Å²) in [5, 5.41) is 24.9. The van der Waals surface area contributed by atoms with Gasteiger partial charge >= 0.3 is 5.97 Å². The average molecular weight is 148 g/mol. The van der Waals surface area contributed by atoms with Gasteiger partial charge in [-0.1, -0.05) is 6.92 Å². The van der Waals surface area contributed by atoms with Crippen LogP contribution >= 0.6 is 0 Å². The van der Waals surface area contributed by atoms with Gasteiger partial charge in [0, 0.05) is 0 Å². The zero-order valence-corrected chi connectivity index (χ0v) is 5.91. The second kappa shape index (κ2) is 8.39. The fourth-order valence-corrected chi connectivity index (χ4v) is 0.304. The van der Waals surface area contributed by atoms with Crippen LogP contribution < -0.4 is 0 Å². The van der Waals surface area contributed by atoms with E-state index < -0.39 is 12.1 Å². The van der Waals surface area contributed by atoms with Gasteiger partial charge in [0.25, 0.3) is 0 Å². The van der Waals surface area contributed by atoms with Crippen molar-refractivity contribution in [2.75, 3.05) is 7.11 Å². The summed E-state index contributed by atoms with van der Waals surface area (Å²) in [7, 11) is 0.750. The summed E-state index contributed by atoms with van der Waals surface area (Å²) >= 11 is 0. The number of rotatable bonds is 3. The fraction of sp³-hybridized carbons (Fsp3) is 0.667. The maximum atomic E-state index is 9.78. The summed E-state index contributed by atoms with van der Waals surface area (Å²) in [5.41, 5.74) is 0. The summed E-state index contributed by atoms with van der Waals surface area (Å²) in [6, 6.07) is 0. The lowest BCUT2D eigenvalue weighted by Gasteiger charge is -2.00. The van der Waals surface area contributed by atoms with Crippen molar-refractivity contribution in [2.24, 2.45) is 0 Å². The van der Waals surface area contributed by atoms with Crippen LogP contribution in [0.1, 0.15) is 12.8 Å². The third-order valence-electron chi connectivity index (χ3n) is 0.743. The number of hydrogen-bond donors (Lipinski definition) is 2. The Morgan fingerprint density at radius 2 is 2.00 bits per heavy atom. The fourth-order valence-electron chi connectivity index (χ4n) is 0.304. The largest absolute Gasteiger partial charge is 0.481 e. The smallest absolute Gasteiger partial charge is 0.305 e. The molecule has 0 aliphatic carbocycles. The first-order chi connectivity index (χ1) is 4.66. The maximum absolute atomic E-state index is 9.78. The van der Waals surface area contributed by atoms with Gasteiger partial charge in [0.05, 0.1) is 19.6 Å². The van der Waals surface area contributed by atoms with Crippen molar-refractivity contribution in [2.45, 2.75) is 18.9 Å². The van der Waals surface area contributed by atoms with E-state index >= 15 is 0 Å². The molecule has 1 unspecified atom stereocenters. The molecule has 0 bridgehead atoms. The van der Waals surface area contributed by atoms with Crippen molar-refractivity contribution in [3.8, 4) is 0 Å². The predicted molar refractivity (Wildman–Crippen MR) is 34.8 cm³/mol. The third kappa shape index (κ3) is 10.4. The molecule has 0 aliphatic heterocycles. The van der Waals surface area contributed by atoms with E-state index in [4.69, 9.17) is 15.3 Å². The quantitative estimate of drug-likeness (QED) is 0.595. The van der Waals surface area contributed by atoms with Crippen LogP contribution in [0.25, 0.3) is 0 Å². The van der Waals surface area contributed by atoms with Gasteiger partial charge in [0.15, 0.2) is 0 Å². The van der Waals surface area contributed by atoms with Crippen LogP contribution in [0.2, 0.25) is 0 Å². The van der Waals surface area contributed by atoms with Gasteiger partial charge in [-0.25, -0.2) is 5.11 Å². The molecule has 0 aromatic rings. The van der Waals surface area contributed by atoms with Gasteiger partial charge in [0.2, 0.25) is 0 Å². The van der Waals surface area contributed by atoms with Crippen LogP contribution in [-0.4, -0.2) is 29.4 Å². The maximum Gasteiger partial charge on any atom is 0.305 e. The standard InChI is InChI=1S/C5H9O3.CH3O/c1-2-4(6)3-5(7)8;1-2/h4,6H,1-3H2,(H,7,8);1H3. The molecule has 0 amide bonds. The van der Waals surface area contributed by atoms with Crippen LogP contribution in [-0.2, 0) is 9.90 Å². The van der Waals surface area contributed by atoms with Crippen LogP contribution in [0.3, 0.4) is 0 Å². The monoisotopic (exact) mass is 148 g/mol. The molecule has 2 N–H and O–H groups in total. The average Bonchev–Trinajstić information content (AvgIpc) is 1.91. The van der Waals surface area contributed by atoms with Gasteiger partial charge in [-0.15, -0.1) is 0 Å². The van der Waals surface area contributed by atoms with Crippen molar-refractivity contribution in [1.82, 2.24) is 0 Å². The van der Waals surface area contributed by atoms with E-state index in [1.54, 1.807) is 0 Å². The minimum absolute atomic E-state index is 0.205. The molecule has 0 rings (SSSR count). The highest BCUT2D eigenvalue weighted by Crippen LogP contribution is 1.94. The molecule has 0 saturated heterocycles. The number of aliphatic carboxylic acids is 1. The highest BCUT2D eigenvalue weighted by Gasteiger charge is 2.04. The van der Waals surface area contributed by atoms with E-state index in [0.29, 0.717) is 0 Å². The van der Waals surface area contributed by atoms with Crippen LogP contribution in [0, 0.1) is 6.92 Å². The summed E-state index contributed by atoms with van der Waals surface area (Å²) in [6.45, 7) is 3.33. The van der Waals surface area contributed by atoms with Crippen LogP contribution in [0.5, 0.6) is 0 Å². The zero-order valence-electron chi connectivity index (χ0n) is 5.91. The lowest BCUT2D eigenvalue weighted by atomic mass is 10.2. The van der Waals surface area contributed by atoms with Crippen molar-refractivity contribution in [1.29, 1.82) is 0 Å². The lowest BCUT2D eigenvalue weighted by molar-refractivity contribution is -0.139. The first-order valence-electron chi connectivity index (χ1n) is 2.76. The normalized spacial score (nSPS) is 11.2. The molecule has 0 aromatic heterocycles. The Morgan fingerprint density at radius 1 is 1.60 bits per heavy atom. The first kappa shape index (κ1) is 12.1. The molecular weight excluding hydrogens is 136 g/mol. The van der Waals surface area contributed by atoms with E-state index in [-0.39, 0.29) is 12.8 Å². The Labute approximate surface area is 60.1 Å². The Balaban J connectivity index is 0. The number of carboxylic acid groups (broad SMARTS) is 1. The molecule has 0 heterocycles. The summed E-state index contributed by atoms with van der Waals surface area (Å²) < 4.78 is 0. The third-order valence-corrected chi connectivity index (χ3v) is 0.743. The van der Waals surface area contributed by atoms with E-state index in [0.717, 1.165) is 7.11 Å². The Hall–Kier alpha value is -0.610. The first-order valence-corrected chi connectivity index (χ1v) is 2.76. The number of carbonyl (C=O) groups is 1. The Bertz CT molecular complexity index is 81.8. The van der Waals surface area contributed by atoms with Gasteiger partial charge in [-0.3, -0.25) is 4.79 Å². The minimum atomic E-state index is -0.985. The summed E-state index contributed by atoms with van der Waals surface area (Å²) in [4.78, 5) is 9.78. The van der Waals surface area contributed by atoms with Crippen LogP contribution in [0.15, 0.2) is 0 Å². The van der Waals surface area contributed by atoms with Crippen LogP contribution in [0.4, 0.5) is 0 Å². The number of hydrogen-bond acceptors (Lipinski definition) is 2. The van der Waals surface area contributed by atoms with Crippen molar-refractivity contribution in [3.63, 3.8) is 0 Å². The molecule has 0 aliphatic rings. The summed E-state index contributed by atoms with van der Waals surface area (Å²) in [5.74, 6) is -0.985. The van der Waals surface area contributed by atoms with E-state index in [2.05, 4.69) is 6.92 Å². The molecule has 1 atom stereocenters. The second-order valence-corrected chi connectivity index (χ2v) is 1.54. The van der Waals surface area contributed by atoms with Gasteiger partial charge in [-0.2, -0.15) is 0 Å². The molecule has 4 nitrogen and oxygen atoms in total.